The highest BCUT2D eigenvalue weighted by molar-refractivity contribution is 7.89. The molecular weight excluding hydrogens is 456 g/mol. The van der Waals surface area contributed by atoms with Gasteiger partial charge in [0, 0.05) is 37.4 Å². The van der Waals surface area contributed by atoms with Crippen molar-refractivity contribution < 1.29 is 13.2 Å². The first-order valence-corrected chi connectivity index (χ1v) is 12.8. The van der Waals surface area contributed by atoms with E-state index >= 15 is 0 Å². The number of hydrogen-bond donors (Lipinski definition) is 1. The number of fused-ring (bicyclic) bond motifs is 1. The summed E-state index contributed by atoms with van der Waals surface area (Å²) in [5.41, 5.74) is 2.17. The van der Waals surface area contributed by atoms with Crippen molar-refractivity contribution in [3.63, 3.8) is 0 Å². The Morgan fingerprint density at radius 2 is 1.61 bits per heavy atom. The summed E-state index contributed by atoms with van der Waals surface area (Å²) in [7, 11) is -3.70. The van der Waals surface area contributed by atoms with Crippen molar-refractivity contribution in [3.05, 3.63) is 84.4 Å². The van der Waals surface area contributed by atoms with Crippen LogP contribution in [0.4, 0.5) is 10.8 Å². The minimum absolute atomic E-state index is 0.118. The maximum Gasteiger partial charge on any atom is 0.257 e. The number of carbonyl (C=O) groups is 1. The van der Waals surface area contributed by atoms with Gasteiger partial charge in [0.2, 0.25) is 10.0 Å². The normalized spacial score (nSPS) is 15.0. The van der Waals surface area contributed by atoms with Gasteiger partial charge in [-0.2, -0.15) is 4.31 Å². The largest absolute Gasteiger partial charge is 0.369 e. The van der Waals surface area contributed by atoms with Crippen LogP contribution in [0.2, 0.25) is 0 Å². The lowest BCUT2D eigenvalue weighted by atomic mass is 10.2. The molecule has 1 fully saturated rings. The van der Waals surface area contributed by atoms with Crippen LogP contribution in [0, 0.1) is 0 Å². The van der Waals surface area contributed by atoms with Gasteiger partial charge in [-0.05, 0) is 42.5 Å². The van der Waals surface area contributed by atoms with Crippen molar-refractivity contribution in [2.24, 2.45) is 0 Å². The van der Waals surface area contributed by atoms with E-state index in [0.29, 0.717) is 31.3 Å². The zero-order chi connectivity index (χ0) is 22.8. The topological polar surface area (TPSA) is 82.6 Å². The molecular formula is C24H22N4O3S2. The average Bonchev–Trinajstić information content (AvgIpc) is 3.27. The first-order chi connectivity index (χ1) is 16.0. The van der Waals surface area contributed by atoms with Gasteiger partial charge in [0.05, 0.1) is 15.1 Å². The highest BCUT2D eigenvalue weighted by atomic mass is 32.2. The minimum Gasteiger partial charge on any atom is -0.369 e. The van der Waals surface area contributed by atoms with Gasteiger partial charge < -0.3 is 4.90 Å². The second kappa shape index (κ2) is 8.93. The Labute approximate surface area is 196 Å². The number of hydrogen-bond acceptors (Lipinski definition) is 6. The fraction of sp³-hybridized carbons (Fsp3) is 0.167. The summed E-state index contributed by atoms with van der Waals surface area (Å²) in [4.78, 5) is 19.5. The van der Waals surface area contributed by atoms with E-state index in [4.69, 9.17) is 0 Å². The Bertz CT molecular complexity index is 1360. The van der Waals surface area contributed by atoms with Crippen LogP contribution >= 0.6 is 11.3 Å². The molecule has 1 amide bonds. The lowest BCUT2D eigenvalue weighted by Crippen LogP contribution is -2.48. The average molecular weight is 479 g/mol. The molecule has 168 valence electrons. The molecule has 2 heterocycles. The van der Waals surface area contributed by atoms with Gasteiger partial charge in [0.25, 0.3) is 5.91 Å². The third kappa shape index (κ3) is 4.47. The summed E-state index contributed by atoms with van der Waals surface area (Å²) in [5, 5.41) is 3.26. The smallest absolute Gasteiger partial charge is 0.257 e. The van der Waals surface area contributed by atoms with Gasteiger partial charge in [-0.15, -0.1) is 0 Å². The second-order valence-corrected chi connectivity index (χ2v) is 10.7. The Balaban J connectivity index is 1.30. The van der Waals surface area contributed by atoms with Gasteiger partial charge >= 0.3 is 0 Å². The van der Waals surface area contributed by atoms with Gasteiger partial charge in [-0.25, -0.2) is 13.4 Å². The van der Waals surface area contributed by atoms with Crippen molar-refractivity contribution >= 4 is 48.3 Å². The maximum atomic E-state index is 13.2. The molecule has 1 aliphatic rings. The van der Waals surface area contributed by atoms with E-state index in [9.17, 15) is 13.2 Å². The van der Waals surface area contributed by atoms with Crippen LogP contribution in [0.25, 0.3) is 10.2 Å². The molecule has 1 N–H and O–H groups in total. The third-order valence-electron chi connectivity index (χ3n) is 5.61. The van der Waals surface area contributed by atoms with Gasteiger partial charge in [-0.3, -0.25) is 10.1 Å². The Hall–Kier alpha value is -3.27. The molecule has 0 bridgehead atoms. The van der Waals surface area contributed by atoms with Crippen LogP contribution in [0.1, 0.15) is 10.4 Å². The van der Waals surface area contributed by atoms with E-state index in [0.717, 1.165) is 15.9 Å². The zero-order valence-corrected chi connectivity index (χ0v) is 19.3. The molecule has 0 unspecified atom stereocenters. The van der Waals surface area contributed by atoms with Crippen LogP contribution in [0.5, 0.6) is 0 Å². The number of para-hydroxylation sites is 2. The molecule has 9 heteroatoms. The fourth-order valence-corrected chi connectivity index (χ4v) is 6.20. The Kier molecular flexibility index (Phi) is 5.84. The Morgan fingerprint density at radius 1 is 0.879 bits per heavy atom. The molecule has 0 radical (unpaired) electrons. The number of benzene rings is 3. The number of piperazine rings is 1. The SMILES string of the molecule is O=C(Nc1nc2ccccc2s1)c1cccc(S(=O)(=O)N2CCN(c3ccccc3)CC2)c1. The number of sulfonamides is 1. The summed E-state index contributed by atoms with van der Waals surface area (Å²) in [6.07, 6.45) is 0. The number of rotatable bonds is 5. The number of nitrogens with one attached hydrogen (secondary N) is 1. The molecule has 1 aromatic heterocycles. The van der Waals surface area contributed by atoms with Crippen LogP contribution in [0.15, 0.2) is 83.8 Å². The highest BCUT2D eigenvalue weighted by Gasteiger charge is 2.29. The summed E-state index contributed by atoms with van der Waals surface area (Å²) in [6, 6.07) is 23.8. The Morgan fingerprint density at radius 3 is 2.36 bits per heavy atom. The highest BCUT2D eigenvalue weighted by Crippen LogP contribution is 2.26. The maximum absolute atomic E-state index is 13.2. The van der Waals surface area contributed by atoms with E-state index in [1.54, 1.807) is 12.1 Å². The summed E-state index contributed by atoms with van der Waals surface area (Å²) >= 11 is 1.38. The van der Waals surface area contributed by atoms with E-state index in [-0.39, 0.29) is 16.4 Å². The summed E-state index contributed by atoms with van der Waals surface area (Å²) in [6.45, 7) is 2.00. The van der Waals surface area contributed by atoms with Gasteiger partial charge in [-0.1, -0.05) is 47.7 Å². The van der Waals surface area contributed by atoms with Crippen molar-refractivity contribution in [2.75, 3.05) is 36.4 Å². The zero-order valence-electron chi connectivity index (χ0n) is 17.7. The molecule has 5 rings (SSSR count). The molecule has 0 aliphatic carbocycles. The van der Waals surface area contributed by atoms with Crippen molar-refractivity contribution in [1.82, 2.24) is 9.29 Å². The molecule has 33 heavy (non-hydrogen) atoms. The number of aromatic nitrogens is 1. The standard InChI is InChI=1S/C24H22N4O3S2/c29-23(26-24-25-21-11-4-5-12-22(21)32-24)18-7-6-10-20(17-18)33(30,31)28-15-13-27(14-16-28)19-8-2-1-3-9-19/h1-12,17H,13-16H2,(H,25,26,29). The van der Waals surface area contributed by atoms with Crippen molar-refractivity contribution in [2.45, 2.75) is 4.90 Å². The lowest BCUT2D eigenvalue weighted by Gasteiger charge is -2.35. The number of thiazole rings is 1. The van der Waals surface area contributed by atoms with E-state index in [1.807, 2.05) is 54.6 Å². The van der Waals surface area contributed by atoms with Gasteiger partial charge in [0.15, 0.2) is 5.13 Å². The molecule has 7 nitrogen and oxygen atoms in total. The quantitative estimate of drug-likeness (QED) is 0.468. The van der Waals surface area contributed by atoms with Crippen molar-refractivity contribution in [3.8, 4) is 0 Å². The summed E-state index contributed by atoms with van der Waals surface area (Å²) < 4.78 is 28.9. The first-order valence-electron chi connectivity index (χ1n) is 10.6. The van der Waals surface area contributed by atoms with Crippen LogP contribution in [-0.4, -0.2) is 49.8 Å². The van der Waals surface area contributed by atoms with Crippen LogP contribution in [0.3, 0.4) is 0 Å². The van der Waals surface area contributed by atoms with Crippen molar-refractivity contribution in [1.29, 1.82) is 0 Å². The van der Waals surface area contributed by atoms with E-state index in [2.05, 4.69) is 15.2 Å². The molecule has 0 atom stereocenters. The van der Waals surface area contributed by atoms with Crippen LogP contribution in [-0.2, 0) is 10.0 Å². The first kappa shape index (κ1) is 21.6. The minimum atomic E-state index is -3.70. The molecule has 0 spiro atoms. The third-order valence-corrected chi connectivity index (χ3v) is 8.45. The molecule has 3 aromatic carbocycles. The number of carbonyl (C=O) groups excluding carboxylic acids is 1. The van der Waals surface area contributed by atoms with E-state index in [1.165, 1.54) is 27.8 Å². The molecule has 1 aliphatic heterocycles. The molecule has 0 saturated carbocycles. The number of anilines is 2. The number of nitrogens with zero attached hydrogens (tertiary/aromatic N) is 3. The van der Waals surface area contributed by atoms with E-state index < -0.39 is 10.0 Å². The van der Waals surface area contributed by atoms with Gasteiger partial charge in [0.1, 0.15) is 0 Å². The number of amides is 1. The second-order valence-electron chi connectivity index (χ2n) is 7.70. The lowest BCUT2D eigenvalue weighted by molar-refractivity contribution is 0.102. The predicted molar refractivity (Wildman–Crippen MR) is 131 cm³/mol. The summed E-state index contributed by atoms with van der Waals surface area (Å²) in [5.74, 6) is -0.389. The molecule has 1 saturated heterocycles. The van der Waals surface area contributed by atoms with Crippen LogP contribution < -0.4 is 10.2 Å². The monoisotopic (exact) mass is 478 g/mol. The fourth-order valence-electron chi connectivity index (χ4n) is 3.87. The predicted octanol–water partition coefficient (Wildman–Crippen LogP) is 4.06. The molecule has 4 aromatic rings.